The lowest BCUT2D eigenvalue weighted by atomic mass is 9.76. The Balaban J connectivity index is 3.17. The number of hydrogen-bond acceptors (Lipinski definition) is 6. The molecule has 0 heterocycles. The van der Waals surface area contributed by atoms with Crippen LogP contribution in [0.3, 0.4) is 0 Å². The van der Waals surface area contributed by atoms with E-state index >= 15 is 0 Å². The van der Waals surface area contributed by atoms with Crippen LogP contribution >= 0.6 is 0 Å². The number of ether oxygens (including phenoxy) is 1. The zero-order valence-electron chi connectivity index (χ0n) is 24.7. The number of likely N-dealkylation sites (N-methyl/N-ethyl adjacent to an activating group) is 2. The van der Waals surface area contributed by atoms with Gasteiger partial charge < -0.3 is 25.4 Å². The van der Waals surface area contributed by atoms with Crippen molar-refractivity contribution in [1.82, 2.24) is 15.5 Å². The summed E-state index contributed by atoms with van der Waals surface area (Å²) in [7, 11) is 3.26. The lowest BCUT2D eigenvalue weighted by Gasteiger charge is -2.38. The minimum atomic E-state index is -1.05. The maximum Gasteiger partial charge on any atom is 0.338 e. The predicted octanol–water partition coefficient (Wildman–Crippen LogP) is 3.53. The van der Waals surface area contributed by atoms with Gasteiger partial charge in [0, 0.05) is 24.6 Å². The van der Waals surface area contributed by atoms with E-state index in [9.17, 15) is 19.2 Å². The molecule has 0 saturated heterocycles. The fraction of sp³-hybridized carbons (Fsp3) is 0.586. The second kappa shape index (κ2) is 12.6. The summed E-state index contributed by atoms with van der Waals surface area (Å²) in [4.78, 5) is 51.8. The lowest BCUT2D eigenvalue weighted by Crippen LogP contribution is -2.60. The number of carbonyl (C=O) groups is 4. The number of nitrogens with zero attached hydrogens (tertiary/aromatic N) is 1. The molecule has 1 rings (SSSR count). The van der Waals surface area contributed by atoms with Crippen LogP contribution in [-0.4, -0.2) is 72.1 Å². The minimum absolute atomic E-state index is 0.102. The van der Waals surface area contributed by atoms with Crippen LogP contribution in [0.2, 0.25) is 0 Å². The highest BCUT2D eigenvalue weighted by Gasteiger charge is 2.40. The molecule has 1 aromatic carbocycles. The molecular formula is C29H45N3O6. The number of aliphatic carboxylic acids is 1. The quantitative estimate of drug-likeness (QED) is 0.312. The van der Waals surface area contributed by atoms with Gasteiger partial charge in [-0.15, -0.1) is 0 Å². The summed E-state index contributed by atoms with van der Waals surface area (Å²) in [5.74, 6) is -2.15. The van der Waals surface area contributed by atoms with Crippen LogP contribution in [0.4, 0.5) is 0 Å². The molecule has 2 amide bonds. The molecule has 0 aliphatic carbocycles. The van der Waals surface area contributed by atoms with E-state index in [2.05, 4.69) is 10.6 Å². The van der Waals surface area contributed by atoms with Gasteiger partial charge in [-0.05, 0) is 57.9 Å². The Hall–Kier alpha value is -3.20. The first-order chi connectivity index (χ1) is 17.2. The summed E-state index contributed by atoms with van der Waals surface area (Å²) < 4.78 is 5.43. The molecule has 0 fully saturated rings. The van der Waals surface area contributed by atoms with E-state index in [0.717, 1.165) is 5.56 Å². The van der Waals surface area contributed by atoms with Crippen molar-refractivity contribution in [3.05, 3.63) is 47.0 Å². The van der Waals surface area contributed by atoms with Crippen molar-refractivity contribution in [3.8, 4) is 0 Å². The lowest BCUT2D eigenvalue weighted by molar-refractivity contribution is -0.139. The zero-order chi connectivity index (χ0) is 29.6. The van der Waals surface area contributed by atoms with Gasteiger partial charge >= 0.3 is 11.9 Å². The van der Waals surface area contributed by atoms with Gasteiger partial charge in [-0.2, -0.15) is 0 Å². The van der Waals surface area contributed by atoms with Crippen molar-refractivity contribution >= 4 is 23.8 Å². The Kier molecular flexibility index (Phi) is 10.9. The van der Waals surface area contributed by atoms with Crippen LogP contribution in [0.1, 0.15) is 78.2 Å². The van der Waals surface area contributed by atoms with Crippen LogP contribution in [-0.2, 0) is 24.5 Å². The largest absolute Gasteiger partial charge is 0.478 e. The number of rotatable bonds is 10. The van der Waals surface area contributed by atoms with Crippen LogP contribution in [0.25, 0.3) is 0 Å². The predicted molar refractivity (Wildman–Crippen MR) is 148 cm³/mol. The molecule has 0 radical (unpaired) electrons. The smallest absolute Gasteiger partial charge is 0.338 e. The molecule has 0 aliphatic heterocycles. The number of nitrogens with one attached hydrogen (secondary N) is 2. The molecule has 0 aliphatic rings. The molecule has 2 atom stereocenters. The SMILES string of the molecule is CNC(C(=O)NC(C(=O)N(C)C/C=C(\C)C(=O)O)C(C)(C)C)C(C)(C)c1ccc(C(=O)OC(C)(C)C)cc1. The zero-order valence-corrected chi connectivity index (χ0v) is 24.7. The number of carboxylic acids is 1. The van der Waals surface area contributed by atoms with Gasteiger partial charge in [-0.25, -0.2) is 9.59 Å². The third-order valence-electron chi connectivity index (χ3n) is 6.32. The highest BCUT2D eigenvalue weighted by molar-refractivity contribution is 5.92. The molecule has 38 heavy (non-hydrogen) atoms. The Bertz CT molecular complexity index is 1050. The highest BCUT2D eigenvalue weighted by atomic mass is 16.6. The number of esters is 1. The second-order valence-corrected chi connectivity index (χ2v) is 12.2. The second-order valence-electron chi connectivity index (χ2n) is 12.2. The highest BCUT2D eigenvalue weighted by Crippen LogP contribution is 2.29. The standard InChI is InChI=1S/C29H45N3O6/c1-18(25(35)36)16-17-32(11)24(34)22(27(2,3)4)31-23(33)21(30-10)29(8,9)20-14-12-19(13-15-20)26(37)38-28(5,6)7/h12-16,21-22,30H,17H2,1-11H3,(H,31,33)(H,35,36)/b18-16+. The summed E-state index contributed by atoms with van der Waals surface area (Å²) in [6.45, 7) is 16.4. The Morgan fingerprint density at radius 2 is 1.50 bits per heavy atom. The van der Waals surface area contributed by atoms with E-state index in [-0.39, 0.29) is 23.9 Å². The third kappa shape index (κ3) is 8.97. The molecule has 0 saturated carbocycles. The normalized spacial score (nSPS) is 14.3. The molecule has 3 N–H and O–H groups in total. The van der Waals surface area contributed by atoms with Crippen molar-refractivity contribution in [2.24, 2.45) is 5.41 Å². The molecule has 0 spiro atoms. The van der Waals surface area contributed by atoms with E-state index in [1.54, 1.807) is 59.1 Å². The van der Waals surface area contributed by atoms with E-state index in [4.69, 9.17) is 9.84 Å². The minimum Gasteiger partial charge on any atom is -0.478 e. The summed E-state index contributed by atoms with van der Waals surface area (Å²) in [5, 5.41) is 15.1. The van der Waals surface area contributed by atoms with Crippen molar-refractivity contribution in [2.45, 2.75) is 85.4 Å². The van der Waals surface area contributed by atoms with Crippen molar-refractivity contribution < 1.29 is 29.0 Å². The van der Waals surface area contributed by atoms with Crippen molar-refractivity contribution in [1.29, 1.82) is 0 Å². The number of hydrogen-bond donors (Lipinski definition) is 3. The van der Waals surface area contributed by atoms with Crippen LogP contribution in [0, 0.1) is 5.41 Å². The van der Waals surface area contributed by atoms with Crippen molar-refractivity contribution in [2.75, 3.05) is 20.6 Å². The molecule has 212 valence electrons. The van der Waals surface area contributed by atoms with Crippen molar-refractivity contribution in [3.63, 3.8) is 0 Å². The van der Waals surface area contributed by atoms with Gasteiger partial charge in [0.1, 0.15) is 11.6 Å². The average molecular weight is 532 g/mol. The van der Waals surface area contributed by atoms with Gasteiger partial charge in [-0.3, -0.25) is 9.59 Å². The van der Waals surface area contributed by atoms with Gasteiger partial charge in [-0.1, -0.05) is 52.8 Å². The Morgan fingerprint density at radius 1 is 0.974 bits per heavy atom. The average Bonchev–Trinajstić information content (AvgIpc) is 2.78. The van der Waals surface area contributed by atoms with E-state index in [1.165, 1.54) is 17.9 Å². The van der Waals surface area contributed by atoms with Gasteiger partial charge in [0.05, 0.1) is 11.6 Å². The number of carboxylic acid groups (broad SMARTS) is 1. The monoisotopic (exact) mass is 531 g/mol. The van der Waals surface area contributed by atoms with E-state index in [0.29, 0.717) is 5.56 Å². The first-order valence-electron chi connectivity index (χ1n) is 12.7. The molecule has 0 bridgehead atoms. The van der Waals surface area contributed by atoms with Crippen LogP contribution < -0.4 is 10.6 Å². The van der Waals surface area contributed by atoms with Gasteiger partial charge in [0.15, 0.2) is 0 Å². The molecule has 2 unspecified atom stereocenters. The molecule has 9 heteroatoms. The Labute approximate surface area is 227 Å². The fourth-order valence-electron chi connectivity index (χ4n) is 3.91. The number of benzene rings is 1. The first-order valence-corrected chi connectivity index (χ1v) is 12.7. The summed E-state index contributed by atoms with van der Waals surface area (Å²) >= 11 is 0. The number of amides is 2. The van der Waals surface area contributed by atoms with E-state index < -0.39 is 40.5 Å². The summed E-state index contributed by atoms with van der Waals surface area (Å²) in [6.07, 6.45) is 1.46. The number of carbonyl (C=O) groups excluding carboxylic acids is 3. The van der Waals surface area contributed by atoms with Gasteiger partial charge in [0.25, 0.3) is 0 Å². The molecule has 1 aromatic rings. The van der Waals surface area contributed by atoms with E-state index in [1.807, 2.05) is 34.6 Å². The van der Waals surface area contributed by atoms with Crippen LogP contribution in [0.15, 0.2) is 35.9 Å². The van der Waals surface area contributed by atoms with Gasteiger partial charge in [0.2, 0.25) is 11.8 Å². The Morgan fingerprint density at radius 3 is 1.92 bits per heavy atom. The maximum absolute atomic E-state index is 13.6. The molecular weight excluding hydrogens is 486 g/mol. The van der Waals surface area contributed by atoms with Crippen LogP contribution in [0.5, 0.6) is 0 Å². The third-order valence-corrected chi connectivity index (χ3v) is 6.32. The fourth-order valence-corrected chi connectivity index (χ4v) is 3.91. The first kappa shape index (κ1) is 32.8. The molecule has 9 nitrogen and oxygen atoms in total. The summed E-state index contributed by atoms with van der Waals surface area (Å²) in [6, 6.07) is 5.41. The topological polar surface area (TPSA) is 125 Å². The molecule has 0 aromatic heterocycles. The summed E-state index contributed by atoms with van der Waals surface area (Å²) in [5.41, 5.74) is -0.544. The maximum atomic E-state index is 13.6.